The first-order chi connectivity index (χ1) is 8.87. The second kappa shape index (κ2) is 8.30. The number of nitrogens with one attached hydrogen (secondary N) is 1. The Morgan fingerprint density at radius 1 is 1.30 bits per heavy atom. The van der Waals surface area contributed by atoms with Gasteiger partial charge in [-0.05, 0) is 24.6 Å². The first-order valence-electron chi connectivity index (χ1n) is 6.68. The van der Waals surface area contributed by atoms with Gasteiger partial charge in [0.2, 0.25) is 0 Å². The maximum atomic E-state index is 11.0. The lowest BCUT2D eigenvalue weighted by molar-refractivity contribution is -0.859. The molecule has 1 atom stereocenters. The number of rotatable bonds is 7. The van der Waals surface area contributed by atoms with E-state index < -0.39 is 5.60 Å². The van der Waals surface area contributed by atoms with E-state index in [0.717, 1.165) is 23.4 Å². The van der Waals surface area contributed by atoms with Crippen LogP contribution in [0.25, 0.3) is 0 Å². The Morgan fingerprint density at radius 3 is 2.25 bits per heavy atom. The third-order valence-corrected chi connectivity index (χ3v) is 3.26. The zero-order valence-electron chi connectivity index (χ0n) is 12.9. The fourth-order valence-corrected chi connectivity index (χ4v) is 2.19. The van der Waals surface area contributed by atoms with E-state index in [2.05, 4.69) is 20.7 Å². The number of aliphatic hydroxyl groups is 1. The molecule has 0 aliphatic heterocycles. The first kappa shape index (κ1) is 19.0. The van der Waals surface area contributed by atoms with Crippen LogP contribution >= 0.6 is 0 Å². The average Bonchev–Trinajstić information content (AvgIpc) is 2.36. The second-order valence-electron chi connectivity index (χ2n) is 5.60. The number of quaternary nitrogens is 1. The van der Waals surface area contributed by atoms with Gasteiger partial charge in [0.05, 0.1) is 33.4 Å². The summed E-state index contributed by atoms with van der Waals surface area (Å²) in [5.41, 5.74) is 1.08. The Balaban J connectivity index is 0.00000361. The van der Waals surface area contributed by atoms with Crippen molar-refractivity contribution >= 4 is 0 Å². The standard InChI is InChI=1S/C16H25NO2.ClH/c1-13(2)12-16(18,10-11-17(3)4)14-6-8-15(19-5)9-7-14;/h6-9,18H,1,10-12H2,2-5H3;1H. The molecule has 0 aromatic heterocycles. The molecule has 0 aliphatic rings. The van der Waals surface area contributed by atoms with E-state index in [1.165, 1.54) is 4.90 Å². The molecule has 1 rings (SSSR count). The third kappa shape index (κ3) is 5.53. The van der Waals surface area contributed by atoms with Crippen LogP contribution in [-0.4, -0.2) is 32.9 Å². The highest BCUT2D eigenvalue weighted by molar-refractivity contribution is 5.31. The highest BCUT2D eigenvalue weighted by atomic mass is 35.5. The lowest BCUT2D eigenvalue weighted by Gasteiger charge is -2.29. The molecule has 1 unspecified atom stereocenters. The maximum absolute atomic E-state index is 11.0. The normalized spacial score (nSPS) is 13.5. The van der Waals surface area contributed by atoms with Crippen molar-refractivity contribution in [1.29, 1.82) is 0 Å². The van der Waals surface area contributed by atoms with Crippen molar-refractivity contribution in [3.05, 3.63) is 42.0 Å². The minimum atomic E-state index is -0.838. The Hall–Kier alpha value is -1.03. The lowest BCUT2D eigenvalue weighted by Crippen LogP contribution is -3.05. The molecule has 0 saturated carbocycles. The molecular formula is C16H26ClNO2. The van der Waals surface area contributed by atoms with Crippen LogP contribution in [0.3, 0.4) is 0 Å². The monoisotopic (exact) mass is 299 g/mol. The SMILES string of the molecule is C=C(C)CC(O)(CC[NH+](C)C)c1ccc(OC)cc1.[Cl-]. The van der Waals surface area contributed by atoms with E-state index in [9.17, 15) is 5.11 Å². The van der Waals surface area contributed by atoms with Crippen LogP contribution < -0.4 is 22.0 Å². The van der Waals surface area contributed by atoms with Crippen molar-refractivity contribution < 1.29 is 27.2 Å². The van der Waals surface area contributed by atoms with Crippen LogP contribution in [0.2, 0.25) is 0 Å². The number of halogens is 1. The summed E-state index contributed by atoms with van der Waals surface area (Å²) < 4.78 is 5.16. The molecule has 0 heterocycles. The maximum Gasteiger partial charge on any atom is 0.118 e. The molecule has 0 amide bonds. The fourth-order valence-electron chi connectivity index (χ4n) is 2.19. The quantitative estimate of drug-likeness (QED) is 0.594. The molecule has 114 valence electrons. The van der Waals surface area contributed by atoms with Crippen LogP contribution in [0.1, 0.15) is 25.3 Å². The molecule has 20 heavy (non-hydrogen) atoms. The molecule has 0 saturated heterocycles. The molecule has 0 aliphatic carbocycles. The summed E-state index contributed by atoms with van der Waals surface area (Å²) in [4.78, 5) is 1.33. The third-order valence-electron chi connectivity index (χ3n) is 3.26. The Bertz CT molecular complexity index is 417. The van der Waals surface area contributed by atoms with Crippen LogP contribution in [0.5, 0.6) is 5.75 Å². The van der Waals surface area contributed by atoms with Gasteiger partial charge in [0, 0.05) is 12.8 Å². The van der Waals surface area contributed by atoms with Crippen molar-refractivity contribution in [3.63, 3.8) is 0 Å². The van der Waals surface area contributed by atoms with E-state index in [4.69, 9.17) is 4.74 Å². The van der Waals surface area contributed by atoms with E-state index >= 15 is 0 Å². The summed E-state index contributed by atoms with van der Waals surface area (Å²) in [6, 6.07) is 7.65. The summed E-state index contributed by atoms with van der Waals surface area (Å²) >= 11 is 0. The van der Waals surface area contributed by atoms with Crippen molar-refractivity contribution in [3.8, 4) is 5.75 Å². The Kier molecular flexibility index (Phi) is 7.87. The summed E-state index contributed by atoms with van der Waals surface area (Å²) in [6.07, 6.45) is 1.31. The van der Waals surface area contributed by atoms with E-state index in [-0.39, 0.29) is 12.4 Å². The lowest BCUT2D eigenvalue weighted by atomic mass is 9.85. The summed E-state index contributed by atoms with van der Waals surface area (Å²) in [7, 11) is 5.83. The zero-order valence-corrected chi connectivity index (χ0v) is 13.6. The van der Waals surface area contributed by atoms with Gasteiger partial charge in [0.15, 0.2) is 0 Å². The molecule has 0 spiro atoms. The van der Waals surface area contributed by atoms with Crippen molar-refractivity contribution in [2.24, 2.45) is 0 Å². The molecule has 4 heteroatoms. The fraction of sp³-hybridized carbons (Fsp3) is 0.500. The van der Waals surface area contributed by atoms with Gasteiger partial charge >= 0.3 is 0 Å². The van der Waals surface area contributed by atoms with Crippen molar-refractivity contribution in [2.75, 3.05) is 27.7 Å². The molecule has 3 nitrogen and oxygen atoms in total. The molecule has 0 bridgehead atoms. The van der Waals surface area contributed by atoms with Crippen molar-refractivity contribution in [1.82, 2.24) is 0 Å². The van der Waals surface area contributed by atoms with E-state index in [1.54, 1.807) is 7.11 Å². The number of methoxy groups -OCH3 is 1. The van der Waals surface area contributed by atoms with E-state index in [1.807, 2.05) is 31.2 Å². The molecule has 0 fully saturated rings. The average molecular weight is 300 g/mol. The topological polar surface area (TPSA) is 33.9 Å². The van der Waals surface area contributed by atoms with Gasteiger partial charge in [-0.1, -0.05) is 17.7 Å². The number of ether oxygens (including phenoxy) is 1. The molecular weight excluding hydrogens is 274 g/mol. The minimum Gasteiger partial charge on any atom is -1.00 e. The van der Waals surface area contributed by atoms with Gasteiger partial charge in [-0.25, -0.2) is 0 Å². The van der Waals surface area contributed by atoms with Gasteiger partial charge in [0.25, 0.3) is 0 Å². The van der Waals surface area contributed by atoms with Crippen LogP contribution in [0.15, 0.2) is 36.4 Å². The van der Waals surface area contributed by atoms with Gasteiger partial charge in [0.1, 0.15) is 5.75 Å². The predicted octanol–water partition coefficient (Wildman–Crippen LogP) is -1.61. The highest BCUT2D eigenvalue weighted by Gasteiger charge is 2.30. The zero-order chi connectivity index (χ0) is 14.5. The van der Waals surface area contributed by atoms with Crippen molar-refractivity contribution in [2.45, 2.75) is 25.4 Å². The number of benzene rings is 1. The molecule has 0 radical (unpaired) electrons. The molecule has 1 aromatic rings. The van der Waals surface area contributed by atoms with Gasteiger partial charge in [-0.15, -0.1) is 6.58 Å². The van der Waals surface area contributed by atoms with Crippen LogP contribution in [0.4, 0.5) is 0 Å². The van der Waals surface area contributed by atoms with Gasteiger partial charge in [-0.2, -0.15) is 0 Å². The Morgan fingerprint density at radius 2 is 1.85 bits per heavy atom. The molecule has 1 aromatic carbocycles. The number of hydrogen-bond acceptors (Lipinski definition) is 2. The molecule has 2 N–H and O–H groups in total. The smallest absolute Gasteiger partial charge is 0.118 e. The minimum absolute atomic E-state index is 0. The van der Waals surface area contributed by atoms with Crippen LogP contribution in [-0.2, 0) is 5.60 Å². The van der Waals surface area contributed by atoms with Gasteiger partial charge in [-0.3, -0.25) is 0 Å². The number of hydrogen-bond donors (Lipinski definition) is 2. The largest absolute Gasteiger partial charge is 1.00 e. The summed E-state index contributed by atoms with van der Waals surface area (Å²) in [5, 5.41) is 11.0. The Labute approximate surface area is 128 Å². The highest BCUT2D eigenvalue weighted by Crippen LogP contribution is 2.32. The first-order valence-corrected chi connectivity index (χ1v) is 6.68. The predicted molar refractivity (Wildman–Crippen MR) is 78.6 cm³/mol. The van der Waals surface area contributed by atoms with E-state index in [0.29, 0.717) is 12.8 Å². The summed E-state index contributed by atoms with van der Waals surface area (Å²) in [5.74, 6) is 0.805. The summed E-state index contributed by atoms with van der Waals surface area (Å²) in [6.45, 7) is 6.80. The van der Waals surface area contributed by atoms with Crippen LogP contribution in [0, 0.1) is 0 Å². The second-order valence-corrected chi connectivity index (χ2v) is 5.60. The van der Waals surface area contributed by atoms with Gasteiger partial charge < -0.3 is 27.2 Å².